The zero-order chi connectivity index (χ0) is 20.3. The minimum atomic E-state index is -0.492. The largest absolute Gasteiger partial charge is 0.444 e. The first-order chi connectivity index (χ1) is 13.2. The molecule has 154 valence electrons. The minimum Gasteiger partial charge on any atom is -0.444 e. The molecule has 3 rings (SSSR count). The van der Waals surface area contributed by atoms with Gasteiger partial charge >= 0.3 is 6.09 Å². The number of hydrogen-bond donors (Lipinski definition) is 0. The summed E-state index contributed by atoms with van der Waals surface area (Å²) >= 11 is 0. The number of ether oxygens (including phenoxy) is 1. The summed E-state index contributed by atoms with van der Waals surface area (Å²) < 4.78 is 5.46. The van der Waals surface area contributed by atoms with Crippen LogP contribution in [-0.4, -0.2) is 54.1 Å². The lowest BCUT2D eigenvalue weighted by Crippen LogP contribution is -2.46. The van der Waals surface area contributed by atoms with Gasteiger partial charge in [-0.25, -0.2) is 4.79 Å². The van der Waals surface area contributed by atoms with Gasteiger partial charge in [-0.05, 0) is 69.9 Å². The minimum absolute atomic E-state index is 0.00714. The second kappa shape index (κ2) is 8.54. The van der Waals surface area contributed by atoms with Crippen LogP contribution in [0.4, 0.5) is 4.79 Å². The van der Waals surface area contributed by atoms with Crippen molar-refractivity contribution in [3.05, 3.63) is 35.4 Å². The molecule has 28 heavy (non-hydrogen) atoms. The van der Waals surface area contributed by atoms with Gasteiger partial charge in [0.15, 0.2) is 0 Å². The molecule has 1 saturated heterocycles. The Morgan fingerprint density at radius 3 is 2.68 bits per heavy atom. The Morgan fingerprint density at radius 1 is 1.18 bits per heavy atom. The lowest BCUT2D eigenvalue weighted by molar-refractivity contribution is -0.135. The molecule has 0 radical (unpaired) electrons. The molecule has 1 heterocycles. The number of benzene rings is 1. The molecule has 1 aliphatic carbocycles. The van der Waals surface area contributed by atoms with Gasteiger partial charge in [-0.1, -0.05) is 24.3 Å². The van der Waals surface area contributed by atoms with Crippen molar-refractivity contribution in [1.82, 2.24) is 9.80 Å². The highest BCUT2D eigenvalue weighted by molar-refractivity contribution is 5.84. The van der Waals surface area contributed by atoms with Gasteiger partial charge in [0.2, 0.25) is 5.91 Å². The number of carbonyl (C=O) groups is 2. The molecule has 0 spiro atoms. The third-order valence-electron chi connectivity index (χ3n) is 5.74. The number of amides is 2. The molecule has 1 aliphatic heterocycles. The van der Waals surface area contributed by atoms with Gasteiger partial charge in [0.25, 0.3) is 0 Å². The van der Waals surface area contributed by atoms with E-state index in [0.717, 1.165) is 45.2 Å². The van der Waals surface area contributed by atoms with Crippen LogP contribution in [0.15, 0.2) is 24.3 Å². The van der Waals surface area contributed by atoms with Gasteiger partial charge in [-0.15, -0.1) is 0 Å². The van der Waals surface area contributed by atoms with Crippen LogP contribution in [0, 0.1) is 5.92 Å². The highest BCUT2D eigenvalue weighted by Gasteiger charge is 2.33. The summed E-state index contributed by atoms with van der Waals surface area (Å²) in [6.45, 7) is 7.81. The van der Waals surface area contributed by atoms with E-state index in [0.29, 0.717) is 12.5 Å². The molecule has 2 atom stereocenters. The van der Waals surface area contributed by atoms with E-state index in [4.69, 9.17) is 4.74 Å². The van der Waals surface area contributed by atoms with E-state index >= 15 is 0 Å². The first kappa shape index (κ1) is 20.7. The van der Waals surface area contributed by atoms with Crippen molar-refractivity contribution in [1.29, 1.82) is 0 Å². The summed E-state index contributed by atoms with van der Waals surface area (Å²) in [5, 5.41) is 0. The summed E-state index contributed by atoms with van der Waals surface area (Å²) in [7, 11) is 1.78. The zero-order valence-corrected chi connectivity index (χ0v) is 17.7. The number of fused-ring (bicyclic) bond motifs is 1. The fourth-order valence-corrected chi connectivity index (χ4v) is 4.45. The standard InChI is InChI=1S/C23H34N2O3/c1-23(2,3)28-22(27)24(4)15-17-9-8-14-25(16-17)21(26)20-13-7-11-18-10-5-6-12-19(18)20/h5-6,10,12,17,20H,7-9,11,13-16H2,1-4H3. The fourth-order valence-electron chi connectivity index (χ4n) is 4.45. The summed E-state index contributed by atoms with van der Waals surface area (Å²) in [6, 6.07) is 8.38. The third kappa shape index (κ3) is 5.06. The van der Waals surface area contributed by atoms with Crippen LogP contribution in [0.5, 0.6) is 0 Å². The molecule has 1 aromatic rings. The molecule has 2 aliphatic rings. The quantitative estimate of drug-likeness (QED) is 0.782. The van der Waals surface area contributed by atoms with Crippen molar-refractivity contribution in [2.75, 3.05) is 26.7 Å². The summed E-state index contributed by atoms with van der Waals surface area (Å²) in [4.78, 5) is 29.2. The maximum atomic E-state index is 13.3. The lowest BCUT2D eigenvalue weighted by atomic mass is 9.81. The number of likely N-dealkylation sites (tertiary alicyclic amines) is 1. The Kier molecular flexibility index (Phi) is 6.31. The van der Waals surface area contributed by atoms with Gasteiger partial charge in [-0.3, -0.25) is 4.79 Å². The van der Waals surface area contributed by atoms with Crippen molar-refractivity contribution >= 4 is 12.0 Å². The van der Waals surface area contributed by atoms with Crippen LogP contribution in [0.2, 0.25) is 0 Å². The molecule has 2 amide bonds. The summed E-state index contributed by atoms with van der Waals surface area (Å²) in [6.07, 6.45) is 4.83. The van der Waals surface area contributed by atoms with Crippen LogP contribution in [0.25, 0.3) is 0 Å². The van der Waals surface area contributed by atoms with Crippen molar-refractivity contribution in [3.63, 3.8) is 0 Å². The van der Waals surface area contributed by atoms with Gasteiger partial charge in [0, 0.05) is 26.7 Å². The predicted molar refractivity (Wildman–Crippen MR) is 110 cm³/mol. The van der Waals surface area contributed by atoms with Gasteiger partial charge in [0.1, 0.15) is 5.60 Å². The molecule has 0 N–H and O–H groups in total. The third-order valence-corrected chi connectivity index (χ3v) is 5.74. The van der Waals surface area contributed by atoms with E-state index < -0.39 is 5.60 Å². The number of rotatable bonds is 3. The monoisotopic (exact) mass is 386 g/mol. The van der Waals surface area contributed by atoms with Crippen LogP contribution >= 0.6 is 0 Å². The van der Waals surface area contributed by atoms with Crippen LogP contribution in [0.3, 0.4) is 0 Å². The zero-order valence-electron chi connectivity index (χ0n) is 17.7. The Labute approximate surface area is 169 Å². The van der Waals surface area contributed by atoms with Gasteiger partial charge in [-0.2, -0.15) is 0 Å². The molecule has 0 saturated carbocycles. The molecule has 5 heteroatoms. The molecule has 0 aromatic heterocycles. The SMILES string of the molecule is CN(CC1CCCN(C(=O)C2CCCc3ccccc32)C1)C(=O)OC(C)(C)C. The second-order valence-electron chi connectivity index (χ2n) is 9.30. The fraction of sp³-hybridized carbons (Fsp3) is 0.652. The molecule has 1 aromatic carbocycles. The molecular formula is C23H34N2O3. The first-order valence-corrected chi connectivity index (χ1v) is 10.6. The number of piperidine rings is 1. The van der Waals surface area contributed by atoms with Crippen molar-refractivity contribution in [2.45, 2.75) is 64.4 Å². The van der Waals surface area contributed by atoms with Crippen LogP contribution < -0.4 is 0 Å². The van der Waals surface area contributed by atoms with Crippen LogP contribution in [-0.2, 0) is 16.0 Å². The van der Waals surface area contributed by atoms with Gasteiger partial charge in [0.05, 0.1) is 5.92 Å². The normalized spacial score (nSPS) is 22.4. The second-order valence-corrected chi connectivity index (χ2v) is 9.30. The average Bonchev–Trinajstić information content (AvgIpc) is 2.66. The number of aryl methyl sites for hydroxylation is 1. The van der Waals surface area contributed by atoms with Crippen molar-refractivity contribution in [3.8, 4) is 0 Å². The van der Waals surface area contributed by atoms with Crippen molar-refractivity contribution < 1.29 is 14.3 Å². The van der Waals surface area contributed by atoms with E-state index in [9.17, 15) is 9.59 Å². The highest BCUT2D eigenvalue weighted by atomic mass is 16.6. The van der Waals surface area contributed by atoms with E-state index in [-0.39, 0.29) is 17.9 Å². The maximum Gasteiger partial charge on any atom is 0.410 e. The highest BCUT2D eigenvalue weighted by Crippen LogP contribution is 2.34. The lowest BCUT2D eigenvalue weighted by Gasteiger charge is -2.37. The Hall–Kier alpha value is -2.04. The molecule has 2 unspecified atom stereocenters. The molecule has 0 bridgehead atoms. The van der Waals surface area contributed by atoms with Crippen LogP contribution in [0.1, 0.15) is 63.5 Å². The van der Waals surface area contributed by atoms with Crippen molar-refractivity contribution in [2.24, 2.45) is 5.92 Å². The van der Waals surface area contributed by atoms with Gasteiger partial charge < -0.3 is 14.5 Å². The predicted octanol–water partition coefficient (Wildman–Crippen LogP) is 4.21. The van der Waals surface area contributed by atoms with E-state index in [2.05, 4.69) is 18.2 Å². The number of hydrogen-bond acceptors (Lipinski definition) is 3. The Balaban J connectivity index is 1.61. The topological polar surface area (TPSA) is 49.9 Å². The molecule has 1 fully saturated rings. The van der Waals surface area contributed by atoms with E-state index in [1.165, 1.54) is 11.1 Å². The number of carbonyl (C=O) groups excluding carboxylic acids is 2. The summed E-state index contributed by atoms with van der Waals surface area (Å²) in [5.41, 5.74) is 2.05. The number of nitrogens with zero attached hydrogens (tertiary/aromatic N) is 2. The maximum absolute atomic E-state index is 13.3. The van der Waals surface area contributed by atoms with E-state index in [1.807, 2.05) is 31.7 Å². The first-order valence-electron chi connectivity index (χ1n) is 10.6. The molecule has 5 nitrogen and oxygen atoms in total. The smallest absolute Gasteiger partial charge is 0.410 e. The molecular weight excluding hydrogens is 352 g/mol. The van der Waals surface area contributed by atoms with E-state index in [1.54, 1.807) is 11.9 Å². The average molecular weight is 387 g/mol. The summed E-state index contributed by atoms with van der Waals surface area (Å²) in [5.74, 6) is 0.554. The Bertz CT molecular complexity index is 710. The Morgan fingerprint density at radius 2 is 1.93 bits per heavy atom.